The van der Waals surface area contributed by atoms with E-state index >= 15 is 0 Å². The molecule has 0 saturated carbocycles. The van der Waals surface area contributed by atoms with Crippen molar-refractivity contribution in [2.75, 3.05) is 12.4 Å². The van der Waals surface area contributed by atoms with Crippen molar-refractivity contribution in [1.29, 1.82) is 0 Å². The van der Waals surface area contributed by atoms with E-state index in [1.54, 1.807) is 0 Å². The summed E-state index contributed by atoms with van der Waals surface area (Å²) >= 11 is 0. The number of benzene rings is 1. The second-order valence-electron chi connectivity index (χ2n) is 4.68. The molecule has 0 fully saturated rings. The molecule has 0 saturated heterocycles. The molecule has 0 radical (unpaired) electrons. The minimum atomic E-state index is -0.320. The Kier molecular flexibility index (Phi) is 4.53. The molecule has 0 aliphatic heterocycles. The van der Waals surface area contributed by atoms with E-state index in [0.29, 0.717) is 5.69 Å². The average molecular weight is 275 g/mol. The number of hydrogen-bond acceptors (Lipinski definition) is 2. The Morgan fingerprint density at radius 3 is 2.65 bits per heavy atom. The highest BCUT2D eigenvalue weighted by atomic mass is 19.1. The maximum atomic E-state index is 12.8. The molecular weight excluding hydrogens is 257 g/mol. The van der Waals surface area contributed by atoms with Crippen molar-refractivity contribution in [3.63, 3.8) is 0 Å². The second-order valence-corrected chi connectivity index (χ2v) is 4.68. The van der Waals surface area contributed by atoms with Crippen LogP contribution in [0.2, 0.25) is 0 Å². The zero-order chi connectivity index (χ0) is 14.5. The highest BCUT2D eigenvalue weighted by molar-refractivity contribution is 5.90. The molecule has 1 heterocycles. The minimum Gasteiger partial charge on any atom is -0.345 e. The van der Waals surface area contributed by atoms with Gasteiger partial charge in [0.15, 0.2) is 0 Å². The number of carbonyl (C=O) groups excluding carboxylic acids is 1. The number of rotatable bonds is 5. The van der Waals surface area contributed by atoms with Crippen LogP contribution in [0.5, 0.6) is 0 Å². The van der Waals surface area contributed by atoms with Crippen molar-refractivity contribution in [3.8, 4) is 0 Å². The zero-order valence-corrected chi connectivity index (χ0v) is 11.6. The fourth-order valence-corrected chi connectivity index (χ4v) is 1.88. The first-order valence-corrected chi connectivity index (χ1v) is 6.47. The summed E-state index contributed by atoms with van der Waals surface area (Å²) in [6, 6.07) is 7.94. The molecule has 2 rings (SSSR count). The normalized spacial score (nSPS) is 12.2. The number of amides is 1. The molecule has 1 aromatic heterocycles. The summed E-state index contributed by atoms with van der Waals surface area (Å²) in [6.07, 6.45) is 3.80. The van der Waals surface area contributed by atoms with Crippen molar-refractivity contribution in [2.45, 2.75) is 19.5 Å². The van der Waals surface area contributed by atoms with Gasteiger partial charge < -0.3 is 15.2 Å². The molecule has 4 nitrogen and oxygen atoms in total. The van der Waals surface area contributed by atoms with E-state index in [1.807, 2.05) is 30.1 Å². The van der Waals surface area contributed by atoms with Crippen LogP contribution in [0.3, 0.4) is 0 Å². The van der Waals surface area contributed by atoms with Gasteiger partial charge in [0.25, 0.3) is 0 Å². The minimum absolute atomic E-state index is 0.143. The summed E-state index contributed by atoms with van der Waals surface area (Å²) in [7, 11) is 1.89. The standard InChI is InChI=1S/C15H18FN3O/c1-11(17-2)12-7-8-19(9-12)10-15(20)18-14-5-3-13(16)4-6-14/h3-9,11,17H,10H2,1-2H3,(H,18,20). The van der Waals surface area contributed by atoms with Crippen LogP contribution < -0.4 is 10.6 Å². The molecule has 2 aromatic rings. The van der Waals surface area contributed by atoms with Crippen molar-refractivity contribution >= 4 is 11.6 Å². The smallest absolute Gasteiger partial charge is 0.244 e. The van der Waals surface area contributed by atoms with Crippen LogP contribution in [0.1, 0.15) is 18.5 Å². The van der Waals surface area contributed by atoms with Gasteiger partial charge >= 0.3 is 0 Å². The fourth-order valence-electron chi connectivity index (χ4n) is 1.88. The highest BCUT2D eigenvalue weighted by Crippen LogP contribution is 2.12. The van der Waals surface area contributed by atoms with Gasteiger partial charge in [0.2, 0.25) is 5.91 Å². The summed E-state index contributed by atoms with van der Waals surface area (Å²) in [5, 5.41) is 5.87. The van der Waals surface area contributed by atoms with Gasteiger partial charge in [-0.15, -0.1) is 0 Å². The lowest BCUT2D eigenvalue weighted by atomic mass is 10.2. The lowest BCUT2D eigenvalue weighted by Gasteiger charge is -2.08. The van der Waals surface area contributed by atoms with Crippen molar-refractivity contribution in [2.24, 2.45) is 0 Å². The molecule has 20 heavy (non-hydrogen) atoms. The third-order valence-electron chi connectivity index (χ3n) is 3.16. The fraction of sp³-hybridized carbons (Fsp3) is 0.267. The Balaban J connectivity index is 1.94. The van der Waals surface area contributed by atoms with Gasteiger partial charge in [-0.1, -0.05) is 0 Å². The van der Waals surface area contributed by atoms with Crippen molar-refractivity contribution in [3.05, 3.63) is 54.1 Å². The Morgan fingerprint density at radius 1 is 1.30 bits per heavy atom. The van der Waals surface area contributed by atoms with Crippen LogP contribution in [0.15, 0.2) is 42.7 Å². The van der Waals surface area contributed by atoms with Gasteiger partial charge in [0.1, 0.15) is 12.4 Å². The number of carbonyl (C=O) groups is 1. The highest BCUT2D eigenvalue weighted by Gasteiger charge is 2.07. The van der Waals surface area contributed by atoms with Crippen LogP contribution in [0, 0.1) is 5.82 Å². The number of nitrogens with zero attached hydrogens (tertiary/aromatic N) is 1. The maximum Gasteiger partial charge on any atom is 0.244 e. The first kappa shape index (κ1) is 14.3. The van der Waals surface area contributed by atoms with E-state index < -0.39 is 0 Å². The molecule has 0 aliphatic rings. The first-order valence-electron chi connectivity index (χ1n) is 6.47. The topological polar surface area (TPSA) is 46.1 Å². The summed E-state index contributed by atoms with van der Waals surface area (Å²) in [4.78, 5) is 11.9. The summed E-state index contributed by atoms with van der Waals surface area (Å²) < 4.78 is 14.6. The van der Waals surface area contributed by atoms with Crippen LogP contribution in [-0.2, 0) is 11.3 Å². The van der Waals surface area contributed by atoms with Crippen LogP contribution >= 0.6 is 0 Å². The predicted molar refractivity (Wildman–Crippen MR) is 76.9 cm³/mol. The van der Waals surface area contributed by atoms with E-state index in [2.05, 4.69) is 17.6 Å². The van der Waals surface area contributed by atoms with Gasteiger partial charge in [0.05, 0.1) is 0 Å². The summed E-state index contributed by atoms with van der Waals surface area (Å²) in [5.74, 6) is -0.463. The molecule has 0 aliphatic carbocycles. The monoisotopic (exact) mass is 275 g/mol. The van der Waals surface area contributed by atoms with Crippen LogP contribution in [0.25, 0.3) is 0 Å². The summed E-state index contributed by atoms with van der Waals surface area (Å²) in [6.45, 7) is 2.28. The molecule has 1 unspecified atom stereocenters. The molecule has 0 bridgehead atoms. The lowest BCUT2D eigenvalue weighted by molar-refractivity contribution is -0.116. The Labute approximate surface area is 117 Å². The third kappa shape index (κ3) is 3.68. The molecule has 1 atom stereocenters. The Bertz CT molecular complexity index is 577. The van der Waals surface area contributed by atoms with Crippen LogP contribution in [0.4, 0.5) is 10.1 Å². The van der Waals surface area contributed by atoms with E-state index in [-0.39, 0.29) is 24.3 Å². The third-order valence-corrected chi connectivity index (χ3v) is 3.16. The van der Waals surface area contributed by atoms with Gasteiger partial charge in [-0.2, -0.15) is 0 Å². The molecule has 2 N–H and O–H groups in total. The number of aromatic nitrogens is 1. The number of anilines is 1. The Hall–Kier alpha value is -2.14. The van der Waals surface area contributed by atoms with Gasteiger partial charge in [-0.05, 0) is 49.9 Å². The average Bonchev–Trinajstić information content (AvgIpc) is 2.89. The van der Waals surface area contributed by atoms with Crippen molar-refractivity contribution in [1.82, 2.24) is 9.88 Å². The van der Waals surface area contributed by atoms with E-state index in [1.165, 1.54) is 24.3 Å². The molecule has 5 heteroatoms. The van der Waals surface area contributed by atoms with Crippen LogP contribution in [-0.4, -0.2) is 17.5 Å². The second kappa shape index (κ2) is 6.34. The van der Waals surface area contributed by atoms with E-state index in [4.69, 9.17) is 0 Å². The first-order chi connectivity index (χ1) is 9.58. The van der Waals surface area contributed by atoms with Gasteiger partial charge in [0, 0.05) is 24.1 Å². The number of halogens is 1. The number of nitrogens with one attached hydrogen (secondary N) is 2. The molecular formula is C15H18FN3O. The number of hydrogen-bond donors (Lipinski definition) is 2. The quantitative estimate of drug-likeness (QED) is 0.881. The maximum absolute atomic E-state index is 12.8. The van der Waals surface area contributed by atoms with Crippen molar-refractivity contribution < 1.29 is 9.18 Å². The van der Waals surface area contributed by atoms with E-state index in [0.717, 1.165) is 5.56 Å². The molecule has 0 spiro atoms. The lowest BCUT2D eigenvalue weighted by Crippen LogP contribution is -2.18. The molecule has 1 amide bonds. The van der Waals surface area contributed by atoms with E-state index in [9.17, 15) is 9.18 Å². The van der Waals surface area contributed by atoms with Gasteiger partial charge in [-0.25, -0.2) is 4.39 Å². The zero-order valence-electron chi connectivity index (χ0n) is 11.6. The predicted octanol–water partition coefficient (Wildman–Crippen LogP) is 2.55. The molecule has 106 valence electrons. The molecule has 1 aromatic carbocycles. The Morgan fingerprint density at radius 2 is 2.00 bits per heavy atom. The largest absolute Gasteiger partial charge is 0.345 e. The summed E-state index contributed by atoms with van der Waals surface area (Å²) in [5.41, 5.74) is 1.72. The van der Waals surface area contributed by atoms with Gasteiger partial charge in [-0.3, -0.25) is 4.79 Å². The SMILES string of the molecule is CNC(C)c1ccn(CC(=O)Nc2ccc(F)cc2)c1.